The van der Waals surface area contributed by atoms with E-state index < -0.39 is 0 Å². The second kappa shape index (κ2) is 12.3. The quantitative estimate of drug-likeness (QED) is 0.549. The van der Waals surface area contributed by atoms with Gasteiger partial charge in [0.05, 0.1) is 33.0 Å². The molecular weight excluding hydrogens is 274 g/mol. The maximum Gasteiger partial charge on any atom is 0.318 e. The lowest BCUT2D eigenvalue weighted by molar-refractivity contribution is 0.00846. The van der Waals surface area contributed by atoms with Crippen molar-refractivity contribution in [3.8, 4) is 6.01 Å². The smallest absolute Gasteiger partial charge is 0.318 e. The van der Waals surface area contributed by atoms with Crippen LogP contribution in [0.3, 0.4) is 0 Å². The van der Waals surface area contributed by atoms with Gasteiger partial charge in [0.2, 0.25) is 0 Å². The third kappa shape index (κ3) is 10.0. The highest BCUT2D eigenvalue weighted by molar-refractivity contribution is 5.26. The number of hydrogen-bond donors (Lipinski definition) is 1. The van der Waals surface area contributed by atoms with Gasteiger partial charge < -0.3 is 24.7 Å². The molecule has 0 fully saturated rings. The molecular formula is C14H25N3O4. The summed E-state index contributed by atoms with van der Waals surface area (Å²) in [7, 11) is 0. The van der Waals surface area contributed by atoms with Crippen LogP contribution in [0.2, 0.25) is 0 Å². The Labute approximate surface area is 125 Å². The van der Waals surface area contributed by atoms with Crippen LogP contribution in [0, 0.1) is 0 Å². The molecule has 1 rings (SSSR count). The molecule has 1 aromatic heterocycles. The summed E-state index contributed by atoms with van der Waals surface area (Å²) in [6.45, 7) is 6.08. The molecule has 120 valence electrons. The lowest BCUT2D eigenvalue weighted by Crippen LogP contribution is -2.13. The van der Waals surface area contributed by atoms with Gasteiger partial charge >= 0.3 is 6.01 Å². The maximum absolute atomic E-state index is 5.51. The van der Waals surface area contributed by atoms with Crippen LogP contribution in [0.25, 0.3) is 0 Å². The third-order valence-corrected chi connectivity index (χ3v) is 2.50. The van der Waals surface area contributed by atoms with Crippen LogP contribution in [0.4, 0.5) is 5.82 Å². The van der Waals surface area contributed by atoms with Crippen molar-refractivity contribution in [3.05, 3.63) is 12.3 Å². The standard InChI is InChI=1S/C14H25N3O4/c1-2-3-6-18-7-8-19-9-10-20-11-12-21-14-16-5-4-13(15)17-14/h4-5H,2-3,6-12H2,1H3,(H2,15,16,17). The lowest BCUT2D eigenvalue weighted by atomic mass is 10.4. The van der Waals surface area contributed by atoms with E-state index in [1.54, 1.807) is 12.3 Å². The Morgan fingerprint density at radius 1 is 0.952 bits per heavy atom. The van der Waals surface area contributed by atoms with Gasteiger partial charge in [-0.2, -0.15) is 4.98 Å². The first-order valence-electron chi connectivity index (χ1n) is 7.27. The SMILES string of the molecule is CCCCOCCOCCOCCOc1nccc(N)n1. The fourth-order valence-electron chi connectivity index (χ4n) is 1.40. The summed E-state index contributed by atoms with van der Waals surface area (Å²) in [5, 5.41) is 0. The Morgan fingerprint density at radius 2 is 1.57 bits per heavy atom. The molecule has 1 heterocycles. The number of hydrogen-bond acceptors (Lipinski definition) is 7. The van der Waals surface area contributed by atoms with E-state index in [2.05, 4.69) is 16.9 Å². The summed E-state index contributed by atoms with van der Waals surface area (Å²) < 4.78 is 21.4. The molecule has 0 atom stereocenters. The Kier molecular flexibility index (Phi) is 10.3. The molecule has 0 aliphatic heterocycles. The monoisotopic (exact) mass is 299 g/mol. The first-order valence-corrected chi connectivity index (χ1v) is 7.27. The lowest BCUT2D eigenvalue weighted by Gasteiger charge is -2.07. The van der Waals surface area contributed by atoms with Crippen LogP contribution in [-0.4, -0.2) is 56.2 Å². The van der Waals surface area contributed by atoms with Gasteiger partial charge in [-0.3, -0.25) is 0 Å². The number of anilines is 1. The van der Waals surface area contributed by atoms with Gasteiger partial charge in [0.15, 0.2) is 0 Å². The molecule has 0 amide bonds. The summed E-state index contributed by atoms with van der Waals surface area (Å²) in [5.41, 5.74) is 5.51. The highest BCUT2D eigenvalue weighted by atomic mass is 16.6. The van der Waals surface area contributed by atoms with Crippen LogP contribution in [0.1, 0.15) is 19.8 Å². The number of nitrogens with zero attached hydrogens (tertiary/aromatic N) is 2. The van der Waals surface area contributed by atoms with Crippen LogP contribution in [-0.2, 0) is 14.2 Å². The summed E-state index contributed by atoms with van der Waals surface area (Å²) in [5.74, 6) is 0.385. The van der Waals surface area contributed by atoms with Crippen LogP contribution < -0.4 is 10.5 Å². The first kappa shape index (κ1) is 17.6. The van der Waals surface area contributed by atoms with Crippen molar-refractivity contribution in [1.82, 2.24) is 9.97 Å². The number of aromatic nitrogens is 2. The van der Waals surface area contributed by atoms with Crippen molar-refractivity contribution >= 4 is 5.82 Å². The zero-order chi connectivity index (χ0) is 15.2. The highest BCUT2D eigenvalue weighted by Gasteiger charge is 1.97. The van der Waals surface area contributed by atoms with Gasteiger partial charge in [-0.1, -0.05) is 13.3 Å². The van der Waals surface area contributed by atoms with Gasteiger partial charge in [-0.05, 0) is 12.5 Å². The van der Waals surface area contributed by atoms with E-state index in [1.165, 1.54) is 0 Å². The third-order valence-electron chi connectivity index (χ3n) is 2.50. The van der Waals surface area contributed by atoms with Gasteiger partial charge in [-0.25, -0.2) is 4.98 Å². The molecule has 0 bridgehead atoms. The minimum atomic E-state index is 0.263. The van der Waals surface area contributed by atoms with Gasteiger partial charge in [0.1, 0.15) is 12.4 Å². The summed E-state index contributed by atoms with van der Waals surface area (Å²) in [6, 6.07) is 1.87. The van der Waals surface area contributed by atoms with E-state index in [0.717, 1.165) is 19.4 Å². The van der Waals surface area contributed by atoms with Crippen molar-refractivity contribution in [2.75, 3.05) is 52.0 Å². The van der Waals surface area contributed by atoms with Crippen molar-refractivity contribution in [2.24, 2.45) is 0 Å². The van der Waals surface area contributed by atoms with Gasteiger partial charge in [0.25, 0.3) is 0 Å². The molecule has 21 heavy (non-hydrogen) atoms. The molecule has 0 saturated heterocycles. The number of ether oxygens (including phenoxy) is 4. The molecule has 0 aliphatic carbocycles. The van der Waals surface area contributed by atoms with Crippen molar-refractivity contribution in [1.29, 1.82) is 0 Å². The van der Waals surface area contributed by atoms with Crippen LogP contribution in [0.15, 0.2) is 12.3 Å². The summed E-state index contributed by atoms with van der Waals surface area (Å²) >= 11 is 0. The summed E-state index contributed by atoms with van der Waals surface area (Å²) in [4.78, 5) is 7.83. The largest absolute Gasteiger partial charge is 0.461 e. The zero-order valence-corrected chi connectivity index (χ0v) is 12.6. The highest BCUT2D eigenvalue weighted by Crippen LogP contribution is 2.03. The van der Waals surface area contributed by atoms with Gasteiger partial charge in [0, 0.05) is 12.8 Å². The van der Waals surface area contributed by atoms with Gasteiger partial charge in [-0.15, -0.1) is 0 Å². The summed E-state index contributed by atoms with van der Waals surface area (Å²) in [6.07, 6.45) is 3.80. The molecule has 0 radical (unpaired) electrons. The molecule has 0 spiro atoms. The number of nitrogens with two attached hydrogens (primary N) is 1. The van der Waals surface area contributed by atoms with Crippen LogP contribution in [0.5, 0.6) is 6.01 Å². The molecule has 2 N–H and O–H groups in total. The number of nitrogen functional groups attached to an aromatic ring is 1. The Morgan fingerprint density at radius 3 is 2.19 bits per heavy atom. The Hall–Kier alpha value is -1.44. The topological polar surface area (TPSA) is 88.7 Å². The van der Waals surface area contributed by atoms with E-state index in [-0.39, 0.29) is 6.01 Å². The van der Waals surface area contributed by atoms with Crippen molar-refractivity contribution in [2.45, 2.75) is 19.8 Å². The predicted octanol–water partition coefficient (Wildman–Crippen LogP) is 1.29. The maximum atomic E-state index is 5.51. The first-order chi connectivity index (χ1) is 10.3. The average Bonchev–Trinajstić information content (AvgIpc) is 2.48. The normalized spacial score (nSPS) is 10.7. The Balaban J connectivity index is 1.82. The number of unbranched alkanes of at least 4 members (excludes halogenated alkanes) is 1. The minimum Gasteiger partial charge on any atom is -0.461 e. The van der Waals surface area contributed by atoms with Crippen molar-refractivity contribution in [3.63, 3.8) is 0 Å². The van der Waals surface area contributed by atoms with E-state index >= 15 is 0 Å². The minimum absolute atomic E-state index is 0.263. The average molecular weight is 299 g/mol. The van der Waals surface area contributed by atoms with E-state index in [4.69, 9.17) is 24.7 Å². The molecule has 0 aliphatic rings. The van der Waals surface area contributed by atoms with Crippen molar-refractivity contribution < 1.29 is 18.9 Å². The predicted molar refractivity (Wildman–Crippen MR) is 79.3 cm³/mol. The molecule has 7 heteroatoms. The second-order valence-electron chi connectivity index (χ2n) is 4.30. The zero-order valence-electron chi connectivity index (χ0n) is 12.6. The van der Waals surface area contributed by atoms with E-state index in [0.29, 0.717) is 45.5 Å². The second-order valence-corrected chi connectivity index (χ2v) is 4.30. The molecule has 1 aromatic rings. The van der Waals surface area contributed by atoms with E-state index in [1.807, 2.05) is 0 Å². The fourth-order valence-corrected chi connectivity index (χ4v) is 1.40. The molecule has 7 nitrogen and oxygen atoms in total. The Bertz CT molecular complexity index is 366. The molecule has 0 unspecified atom stereocenters. The fraction of sp³-hybridized carbons (Fsp3) is 0.714. The number of rotatable bonds is 13. The molecule has 0 saturated carbocycles. The van der Waals surface area contributed by atoms with Crippen LogP contribution >= 0.6 is 0 Å². The van der Waals surface area contributed by atoms with E-state index in [9.17, 15) is 0 Å². The molecule has 0 aromatic carbocycles.